The summed E-state index contributed by atoms with van der Waals surface area (Å²) in [4.78, 5) is 23.5. The van der Waals surface area contributed by atoms with Crippen LogP contribution in [0.1, 0.15) is 24.8 Å². The normalized spacial score (nSPS) is 23.3. The molecule has 1 aromatic rings. The Balaban J connectivity index is 2.32. The maximum absolute atomic E-state index is 12.0. The van der Waals surface area contributed by atoms with Crippen molar-refractivity contribution in [2.75, 3.05) is 20.8 Å². The molecule has 6 heteroatoms. The molecule has 0 aliphatic heterocycles. The quantitative estimate of drug-likeness (QED) is 0.636. The lowest BCUT2D eigenvalue weighted by molar-refractivity contribution is -0.161. The fraction of sp³-hybridized carbons (Fsp3) is 0.467. The molecule has 0 heterocycles. The summed E-state index contributed by atoms with van der Waals surface area (Å²) < 4.78 is 15.3. The Kier molecular flexibility index (Phi) is 4.06. The number of rotatable bonds is 6. The summed E-state index contributed by atoms with van der Waals surface area (Å²) in [5, 5.41) is 9.40. The zero-order valence-corrected chi connectivity index (χ0v) is 12.2. The number of esters is 1. The lowest BCUT2D eigenvalue weighted by Gasteiger charge is -2.13. The molecule has 1 aliphatic carbocycles. The summed E-state index contributed by atoms with van der Waals surface area (Å²) in [6.07, 6.45) is 0.233. The molecule has 1 saturated carbocycles. The van der Waals surface area contributed by atoms with E-state index in [0.717, 1.165) is 5.56 Å². The second kappa shape index (κ2) is 5.63. The Hall–Kier alpha value is -2.24. The lowest BCUT2D eigenvalue weighted by atomic mass is 9.99. The predicted octanol–water partition coefficient (Wildman–Crippen LogP) is 1.83. The standard InChI is InChI=1S/C15H18O6/c1-4-21-14(18)15(13(16)17)8-10(15)9-5-6-11(19-2)12(7-9)20-3/h5-7,10H,4,8H2,1-3H3,(H,16,17). The molecule has 2 atom stereocenters. The number of aliphatic carboxylic acids is 1. The monoisotopic (exact) mass is 294 g/mol. The van der Waals surface area contributed by atoms with Gasteiger partial charge in [0.25, 0.3) is 0 Å². The van der Waals surface area contributed by atoms with Crippen LogP contribution in [0, 0.1) is 5.41 Å². The van der Waals surface area contributed by atoms with Crippen LogP contribution >= 0.6 is 0 Å². The minimum Gasteiger partial charge on any atom is -0.493 e. The molecule has 1 N–H and O–H groups in total. The Labute approximate surface area is 122 Å². The third-order valence-electron chi connectivity index (χ3n) is 3.79. The average Bonchev–Trinajstić information content (AvgIpc) is 3.23. The molecule has 0 aromatic heterocycles. The van der Waals surface area contributed by atoms with Gasteiger partial charge in [-0.1, -0.05) is 6.07 Å². The largest absolute Gasteiger partial charge is 0.493 e. The van der Waals surface area contributed by atoms with Gasteiger partial charge in [-0.25, -0.2) is 0 Å². The van der Waals surface area contributed by atoms with Crippen LogP contribution in [0.2, 0.25) is 0 Å². The highest BCUT2D eigenvalue weighted by atomic mass is 16.5. The number of carboxylic acid groups (broad SMARTS) is 1. The van der Waals surface area contributed by atoms with E-state index < -0.39 is 23.3 Å². The number of hydrogen-bond acceptors (Lipinski definition) is 5. The van der Waals surface area contributed by atoms with Gasteiger partial charge in [-0.15, -0.1) is 0 Å². The van der Waals surface area contributed by atoms with E-state index in [-0.39, 0.29) is 13.0 Å². The van der Waals surface area contributed by atoms with Crippen molar-refractivity contribution in [1.29, 1.82) is 0 Å². The molecular weight excluding hydrogens is 276 g/mol. The summed E-state index contributed by atoms with van der Waals surface area (Å²) in [7, 11) is 3.03. The maximum Gasteiger partial charge on any atom is 0.324 e. The van der Waals surface area contributed by atoms with E-state index in [1.807, 2.05) is 0 Å². The molecule has 114 valence electrons. The van der Waals surface area contributed by atoms with E-state index in [4.69, 9.17) is 14.2 Å². The summed E-state index contributed by atoms with van der Waals surface area (Å²) in [6.45, 7) is 1.81. The van der Waals surface area contributed by atoms with Crippen LogP contribution in [-0.2, 0) is 14.3 Å². The smallest absolute Gasteiger partial charge is 0.324 e. The van der Waals surface area contributed by atoms with Gasteiger partial charge in [-0.2, -0.15) is 0 Å². The Morgan fingerprint density at radius 3 is 2.48 bits per heavy atom. The van der Waals surface area contributed by atoms with E-state index in [1.54, 1.807) is 25.1 Å². The first-order chi connectivity index (χ1) is 10.0. The fourth-order valence-corrected chi connectivity index (χ4v) is 2.54. The zero-order valence-electron chi connectivity index (χ0n) is 12.2. The van der Waals surface area contributed by atoms with Gasteiger partial charge in [0.2, 0.25) is 0 Å². The van der Waals surface area contributed by atoms with Gasteiger partial charge < -0.3 is 19.3 Å². The van der Waals surface area contributed by atoms with E-state index in [9.17, 15) is 14.7 Å². The van der Waals surface area contributed by atoms with E-state index in [2.05, 4.69) is 0 Å². The summed E-state index contributed by atoms with van der Waals surface area (Å²) in [5.74, 6) is -1.18. The Morgan fingerprint density at radius 2 is 1.95 bits per heavy atom. The molecule has 21 heavy (non-hydrogen) atoms. The second-order valence-corrected chi connectivity index (χ2v) is 4.87. The molecule has 1 aliphatic rings. The molecule has 1 fully saturated rings. The molecule has 1 aromatic carbocycles. The molecule has 2 unspecified atom stereocenters. The molecule has 0 bridgehead atoms. The molecule has 0 amide bonds. The number of carbonyl (C=O) groups is 2. The zero-order chi connectivity index (χ0) is 15.6. The summed E-state index contributed by atoms with van der Waals surface area (Å²) >= 11 is 0. The highest BCUT2D eigenvalue weighted by molar-refractivity contribution is 6.04. The molecule has 2 rings (SSSR count). The van der Waals surface area contributed by atoms with Crippen molar-refractivity contribution in [2.24, 2.45) is 5.41 Å². The number of carboxylic acids is 1. The lowest BCUT2D eigenvalue weighted by Crippen LogP contribution is -2.29. The van der Waals surface area contributed by atoms with E-state index >= 15 is 0 Å². The fourth-order valence-electron chi connectivity index (χ4n) is 2.54. The van der Waals surface area contributed by atoms with Gasteiger partial charge in [-0.3, -0.25) is 9.59 Å². The van der Waals surface area contributed by atoms with Crippen molar-refractivity contribution in [3.8, 4) is 11.5 Å². The minimum atomic E-state index is -1.48. The minimum absolute atomic E-state index is 0.159. The van der Waals surface area contributed by atoms with Crippen molar-refractivity contribution < 1.29 is 28.9 Å². The van der Waals surface area contributed by atoms with Gasteiger partial charge in [0.05, 0.1) is 20.8 Å². The molecule has 6 nitrogen and oxygen atoms in total. The predicted molar refractivity (Wildman–Crippen MR) is 73.6 cm³/mol. The highest BCUT2D eigenvalue weighted by Gasteiger charge is 2.68. The SMILES string of the molecule is CCOC(=O)C1(C(=O)O)CC1c1ccc(OC)c(OC)c1. The molecule has 0 radical (unpaired) electrons. The molecule has 0 saturated heterocycles. The average molecular weight is 294 g/mol. The topological polar surface area (TPSA) is 82.1 Å². The first kappa shape index (κ1) is 15.2. The summed E-state index contributed by atoms with van der Waals surface area (Å²) in [6, 6.07) is 5.15. The van der Waals surface area contributed by atoms with E-state index in [0.29, 0.717) is 11.5 Å². The van der Waals surface area contributed by atoms with Gasteiger partial charge in [-0.05, 0) is 31.0 Å². The van der Waals surface area contributed by atoms with Crippen LogP contribution in [0.15, 0.2) is 18.2 Å². The first-order valence-corrected chi connectivity index (χ1v) is 6.63. The van der Waals surface area contributed by atoms with Crippen LogP contribution in [0.5, 0.6) is 11.5 Å². The molecule has 0 spiro atoms. The van der Waals surface area contributed by atoms with Crippen LogP contribution in [0.25, 0.3) is 0 Å². The van der Waals surface area contributed by atoms with Crippen molar-refractivity contribution >= 4 is 11.9 Å². The van der Waals surface area contributed by atoms with Crippen molar-refractivity contribution in [3.63, 3.8) is 0 Å². The maximum atomic E-state index is 12.0. The van der Waals surface area contributed by atoms with E-state index in [1.165, 1.54) is 14.2 Å². The van der Waals surface area contributed by atoms with Crippen molar-refractivity contribution in [1.82, 2.24) is 0 Å². The van der Waals surface area contributed by atoms with Gasteiger partial charge >= 0.3 is 11.9 Å². The third-order valence-corrected chi connectivity index (χ3v) is 3.79. The second-order valence-electron chi connectivity index (χ2n) is 4.87. The number of hydrogen-bond donors (Lipinski definition) is 1. The Morgan fingerprint density at radius 1 is 1.29 bits per heavy atom. The molecular formula is C15H18O6. The van der Waals surface area contributed by atoms with Crippen molar-refractivity contribution in [3.05, 3.63) is 23.8 Å². The van der Waals surface area contributed by atoms with Crippen molar-refractivity contribution in [2.45, 2.75) is 19.3 Å². The number of benzene rings is 1. The highest BCUT2D eigenvalue weighted by Crippen LogP contribution is 2.60. The van der Waals surface area contributed by atoms with Crippen LogP contribution in [-0.4, -0.2) is 37.9 Å². The van der Waals surface area contributed by atoms with Gasteiger partial charge in [0.15, 0.2) is 16.9 Å². The number of methoxy groups -OCH3 is 2. The van der Waals surface area contributed by atoms with Crippen LogP contribution in [0.4, 0.5) is 0 Å². The van der Waals surface area contributed by atoms with Gasteiger partial charge in [0, 0.05) is 5.92 Å². The number of carbonyl (C=O) groups excluding carboxylic acids is 1. The van der Waals surface area contributed by atoms with Crippen LogP contribution in [0.3, 0.4) is 0 Å². The summed E-state index contributed by atoms with van der Waals surface area (Å²) in [5.41, 5.74) is -0.751. The first-order valence-electron chi connectivity index (χ1n) is 6.63. The van der Waals surface area contributed by atoms with Gasteiger partial charge in [0.1, 0.15) is 0 Å². The van der Waals surface area contributed by atoms with Crippen LogP contribution < -0.4 is 9.47 Å². The Bertz CT molecular complexity index is 567. The third kappa shape index (κ3) is 2.41. The number of ether oxygens (including phenoxy) is 3.